The van der Waals surface area contributed by atoms with E-state index in [1.54, 1.807) is 0 Å². The van der Waals surface area contributed by atoms with Gasteiger partial charge >= 0.3 is 0 Å². The lowest BCUT2D eigenvalue weighted by Crippen LogP contribution is -2.18. The minimum absolute atomic E-state index is 0.185. The van der Waals surface area contributed by atoms with Gasteiger partial charge in [0, 0.05) is 0 Å². The highest BCUT2D eigenvalue weighted by Gasteiger charge is 2.24. The second-order valence-corrected chi connectivity index (χ2v) is 6.74. The first-order chi connectivity index (χ1) is 9.83. The number of aldehydes is 1. The Morgan fingerprint density at radius 3 is 2.48 bits per heavy atom. The molecule has 0 heterocycles. The third kappa shape index (κ3) is 9.24. The summed E-state index contributed by atoms with van der Waals surface area (Å²) in [6.45, 7) is 10.4. The van der Waals surface area contributed by atoms with Crippen molar-refractivity contribution in [3.8, 4) is 6.07 Å². The molecule has 0 aromatic heterocycles. The average Bonchev–Trinajstić information content (AvgIpc) is 2.48. The van der Waals surface area contributed by atoms with Gasteiger partial charge in [0.15, 0.2) is 0 Å². The van der Waals surface area contributed by atoms with Crippen molar-refractivity contribution in [2.45, 2.75) is 73.1 Å². The average molecular weight is 289 g/mol. The monoisotopic (exact) mass is 289 g/mol. The minimum atomic E-state index is -0.185. The van der Waals surface area contributed by atoms with Crippen LogP contribution < -0.4 is 0 Å². The zero-order valence-corrected chi connectivity index (χ0v) is 14.4. The number of nitriles is 1. The van der Waals surface area contributed by atoms with Crippen molar-refractivity contribution in [2.24, 2.45) is 11.3 Å². The fourth-order valence-electron chi connectivity index (χ4n) is 2.06. The molecule has 118 valence electrons. The molecule has 0 saturated heterocycles. The highest BCUT2D eigenvalue weighted by Crippen LogP contribution is 2.29. The van der Waals surface area contributed by atoms with Crippen LogP contribution in [0, 0.1) is 22.7 Å². The summed E-state index contributed by atoms with van der Waals surface area (Å²) < 4.78 is 0. The maximum absolute atomic E-state index is 10.1. The van der Waals surface area contributed by atoms with E-state index >= 15 is 0 Å². The van der Waals surface area contributed by atoms with Crippen LogP contribution in [-0.4, -0.2) is 6.29 Å². The molecule has 0 fully saturated rings. The van der Waals surface area contributed by atoms with E-state index in [4.69, 9.17) is 5.26 Å². The number of nitrogens with zero attached hydrogens (tertiary/aromatic N) is 1. The van der Waals surface area contributed by atoms with E-state index in [2.05, 4.69) is 32.9 Å². The molecule has 0 spiro atoms. The summed E-state index contributed by atoms with van der Waals surface area (Å²) in [5.74, 6) is 0.466. The van der Waals surface area contributed by atoms with Crippen molar-refractivity contribution >= 4 is 6.29 Å². The fourth-order valence-corrected chi connectivity index (χ4v) is 2.06. The first kappa shape index (κ1) is 19.6. The first-order valence-electron chi connectivity index (χ1n) is 8.02. The predicted molar refractivity (Wildman–Crippen MR) is 89.8 cm³/mol. The zero-order chi connectivity index (χ0) is 16.3. The summed E-state index contributed by atoms with van der Waals surface area (Å²) in [6.07, 6.45) is 12.0. The molecule has 2 nitrogen and oxygen atoms in total. The molecule has 0 N–H and O–H groups in total. The third-order valence-corrected chi connectivity index (χ3v) is 4.15. The highest BCUT2D eigenvalue weighted by atomic mass is 16.1. The molecule has 0 radical (unpaired) electrons. The van der Waals surface area contributed by atoms with E-state index in [1.165, 1.54) is 18.4 Å². The number of carbonyl (C=O) groups is 1. The lowest BCUT2D eigenvalue weighted by molar-refractivity contribution is -0.105. The molecule has 0 amide bonds. The van der Waals surface area contributed by atoms with E-state index in [-0.39, 0.29) is 5.41 Å². The minimum Gasteiger partial charge on any atom is -0.298 e. The lowest BCUT2D eigenvalue weighted by Gasteiger charge is -2.23. The van der Waals surface area contributed by atoms with Gasteiger partial charge in [-0.05, 0) is 77.7 Å². The normalized spacial score (nSPS) is 15.7. The second-order valence-electron chi connectivity index (χ2n) is 6.74. The number of carbonyl (C=O) groups excluding carboxylic acids is 1. The highest BCUT2D eigenvalue weighted by molar-refractivity contribution is 5.73. The van der Waals surface area contributed by atoms with Crippen LogP contribution in [0.15, 0.2) is 23.3 Å². The number of hydrogen-bond acceptors (Lipinski definition) is 2. The molecule has 1 unspecified atom stereocenters. The Hall–Kier alpha value is -1.36. The Bertz CT molecular complexity index is 406. The van der Waals surface area contributed by atoms with E-state index in [0.717, 1.165) is 37.5 Å². The molecule has 0 aliphatic heterocycles. The van der Waals surface area contributed by atoms with E-state index in [0.29, 0.717) is 5.92 Å². The standard InChI is InChI=1S/C12H21N.C7H10O/c1-10(2)7-6-8-11(3)12(4,5)9-13;8-6-7-4-2-1-3-5-7/h7,11H,6,8H2,1-5H3;4,6H,1-3,5H2. The molecule has 0 aromatic rings. The topological polar surface area (TPSA) is 40.9 Å². The molecule has 0 bridgehead atoms. The van der Waals surface area contributed by atoms with E-state index in [1.807, 2.05) is 19.9 Å². The maximum atomic E-state index is 10.1. The van der Waals surface area contributed by atoms with Gasteiger partial charge in [-0.15, -0.1) is 0 Å². The Balaban J connectivity index is 0.000000423. The van der Waals surface area contributed by atoms with Gasteiger partial charge in [-0.3, -0.25) is 4.79 Å². The summed E-state index contributed by atoms with van der Waals surface area (Å²) >= 11 is 0. The SMILES string of the molecule is CC(C)=CCCC(C)C(C)(C)C#N.O=CC1=CCCCC1. The number of hydrogen-bond donors (Lipinski definition) is 0. The second kappa shape index (κ2) is 10.4. The van der Waals surface area contributed by atoms with E-state index in [9.17, 15) is 4.79 Å². The number of rotatable bonds is 5. The van der Waals surface area contributed by atoms with Gasteiger partial charge < -0.3 is 0 Å². The molecule has 1 rings (SSSR count). The Morgan fingerprint density at radius 1 is 1.43 bits per heavy atom. The van der Waals surface area contributed by atoms with Crippen LogP contribution in [0.3, 0.4) is 0 Å². The van der Waals surface area contributed by atoms with Crippen LogP contribution in [-0.2, 0) is 4.79 Å². The van der Waals surface area contributed by atoms with Crippen molar-refractivity contribution < 1.29 is 4.79 Å². The summed E-state index contributed by atoms with van der Waals surface area (Å²) in [6, 6.07) is 2.36. The Labute approximate surface area is 130 Å². The van der Waals surface area contributed by atoms with Crippen LogP contribution in [0.4, 0.5) is 0 Å². The van der Waals surface area contributed by atoms with Crippen molar-refractivity contribution in [3.05, 3.63) is 23.3 Å². The smallest absolute Gasteiger partial charge is 0.145 e. The third-order valence-electron chi connectivity index (χ3n) is 4.15. The van der Waals surface area contributed by atoms with Crippen molar-refractivity contribution in [1.29, 1.82) is 5.26 Å². The largest absolute Gasteiger partial charge is 0.298 e. The van der Waals surface area contributed by atoms with Crippen LogP contribution >= 0.6 is 0 Å². The summed E-state index contributed by atoms with van der Waals surface area (Å²) in [7, 11) is 0. The zero-order valence-electron chi connectivity index (χ0n) is 14.4. The van der Waals surface area contributed by atoms with Gasteiger partial charge in [-0.2, -0.15) is 5.26 Å². The van der Waals surface area contributed by atoms with Gasteiger partial charge in [0.25, 0.3) is 0 Å². The Kier molecular flexibility index (Phi) is 9.71. The molecule has 1 aliphatic carbocycles. The molecule has 0 saturated carbocycles. The Morgan fingerprint density at radius 2 is 2.10 bits per heavy atom. The van der Waals surface area contributed by atoms with Crippen LogP contribution in [0.25, 0.3) is 0 Å². The van der Waals surface area contributed by atoms with Gasteiger partial charge in [0.2, 0.25) is 0 Å². The van der Waals surface area contributed by atoms with Crippen LogP contribution in [0.1, 0.15) is 73.1 Å². The quantitative estimate of drug-likeness (QED) is 0.488. The van der Waals surface area contributed by atoms with Gasteiger partial charge in [0.1, 0.15) is 6.29 Å². The van der Waals surface area contributed by atoms with E-state index < -0.39 is 0 Å². The fraction of sp³-hybridized carbons (Fsp3) is 0.684. The first-order valence-corrected chi connectivity index (χ1v) is 8.02. The van der Waals surface area contributed by atoms with Gasteiger partial charge in [-0.1, -0.05) is 24.6 Å². The van der Waals surface area contributed by atoms with Gasteiger partial charge in [-0.25, -0.2) is 0 Å². The maximum Gasteiger partial charge on any atom is 0.145 e. The molecule has 0 aromatic carbocycles. The van der Waals surface area contributed by atoms with Crippen LogP contribution in [0.5, 0.6) is 0 Å². The summed E-state index contributed by atoms with van der Waals surface area (Å²) in [5, 5.41) is 8.91. The molecule has 2 heteroatoms. The van der Waals surface area contributed by atoms with Crippen molar-refractivity contribution in [2.75, 3.05) is 0 Å². The van der Waals surface area contributed by atoms with Crippen molar-refractivity contribution in [1.82, 2.24) is 0 Å². The molecule has 21 heavy (non-hydrogen) atoms. The summed E-state index contributed by atoms with van der Waals surface area (Å²) in [4.78, 5) is 10.1. The summed E-state index contributed by atoms with van der Waals surface area (Å²) in [5.41, 5.74) is 2.17. The molecule has 1 aliphatic rings. The molecular formula is C19H31NO. The molecular weight excluding hydrogens is 258 g/mol. The van der Waals surface area contributed by atoms with Gasteiger partial charge in [0.05, 0.1) is 11.5 Å². The number of allylic oxidation sites excluding steroid dienone is 4. The molecule has 1 atom stereocenters. The predicted octanol–water partition coefficient (Wildman–Crippen LogP) is 5.60. The lowest BCUT2D eigenvalue weighted by atomic mass is 9.79. The van der Waals surface area contributed by atoms with Crippen molar-refractivity contribution in [3.63, 3.8) is 0 Å². The van der Waals surface area contributed by atoms with Crippen LogP contribution in [0.2, 0.25) is 0 Å².